The molecule has 0 fully saturated rings. The third kappa shape index (κ3) is 6.05. The molecule has 7 nitrogen and oxygen atoms in total. The van der Waals surface area contributed by atoms with Gasteiger partial charge in [-0.1, -0.05) is 48.0 Å². The fraction of sp³-hybridized carbons (Fsp3) is 0.238. The van der Waals surface area contributed by atoms with Crippen molar-refractivity contribution in [1.82, 2.24) is 0 Å². The Balaban J connectivity index is 2.39. The first-order chi connectivity index (χ1) is 13.4. The van der Waals surface area contributed by atoms with E-state index in [4.69, 9.17) is 9.47 Å². The summed E-state index contributed by atoms with van der Waals surface area (Å²) in [4.78, 5) is 35.3. The first-order valence-electron chi connectivity index (χ1n) is 8.75. The molecule has 146 valence electrons. The van der Waals surface area contributed by atoms with Gasteiger partial charge in [-0.3, -0.25) is 10.1 Å². The van der Waals surface area contributed by atoms with Crippen LogP contribution in [0.25, 0.3) is 0 Å². The molecule has 0 spiro atoms. The van der Waals surface area contributed by atoms with Crippen molar-refractivity contribution in [3.63, 3.8) is 0 Å². The van der Waals surface area contributed by atoms with Crippen LogP contribution in [0.4, 0.5) is 0 Å². The molecule has 28 heavy (non-hydrogen) atoms. The number of aryl methyl sites for hydroxylation is 1. The summed E-state index contributed by atoms with van der Waals surface area (Å²) in [6, 6.07) is 15.3. The van der Waals surface area contributed by atoms with E-state index in [1.54, 1.807) is 55.5 Å². The highest BCUT2D eigenvalue weighted by atomic mass is 16.6. The lowest BCUT2D eigenvalue weighted by Gasteiger charge is -2.13. The van der Waals surface area contributed by atoms with Crippen molar-refractivity contribution >= 4 is 11.9 Å². The average molecular weight is 383 g/mol. The summed E-state index contributed by atoms with van der Waals surface area (Å²) in [5.41, 5.74) is 1.80. The van der Waals surface area contributed by atoms with Crippen molar-refractivity contribution in [1.29, 1.82) is 0 Å². The molecule has 0 amide bonds. The van der Waals surface area contributed by atoms with E-state index in [0.29, 0.717) is 5.56 Å². The van der Waals surface area contributed by atoms with Gasteiger partial charge in [0.15, 0.2) is 0 Å². The van der Waals surface area contributed by atoms with Crippen LogP contribution in [-0.4, -0.2) is 30.0 Å². The second kappa shape index (κ2) is 10.0. The molecular weight excluding hydrogens is 362 g/mol. The Morgan fingerprint density at radius 2 is 1.86 bits per heavy atom. The number of hydrogen-bond acceptors (Lipinski definition) is 6. The van der Waals surface area contributed by atoms with E-state index in [0.717, 1.165) is 5.56 Å². The lowest BCUT2D eigenvalue weighted by molar-refractivity contribution is -0.481. The molecule has 0 heterocycles. The van der Waals surface area contributed by atoms with Crippen molar-refractivity contribution in [3.05, 3.63) is 93.2 Å². The maximum Gasteiger partial charge on any atom is 0.374 e. The molecule has 2 rings (SSSR count). The van der Waals surface area contributed by atoms with Crippen LogP contribution in [0.15, 0.2) is 66.4 Å². The molecule has 0 aliphatic carbocycles. The topological polar surface area (TPSA) is 95.7 Å². The van der Waals surface area contributed by atoms with Crippen LogP contribution in [0.5, 0.6) is 0 Å². The highest BCUT2D eigenvalue weighted by Gasteiger charge is 2.24. The smallest absolute Gasteiger partial charge is 0.374 e. The van der Waals surface area contributed by atoms with Gasteiger partial charge in [-0.2, -0.15) is 0 Å². The third-order valence-electron chi connectivity index (χ3n) is 3.86. The number of nitro groups is 1. The van der Waals surface area contributed by atoms with Gasteiger partial charge >= 0.3 is 11.9 Å². The van der Waals surface area contributed by atoms with Gasteiger partial charge < -0.3 is 9.47 Å². The van der Waals surface area contributed by atoms with E-state index in [1.165, 1.54) is 6.08 Å². The fourth-order valence-electron chi connectivity index (χ4n) is 2.58. The zero-order chi connectivity index (χ0) is 20.5. The minimum atomic E-state index is -0.854. The van der Waals surface area contributed by atoms with Crippen molar-refractivity contribution in [2.75, 3.05) is 13.2 Å². The number of nitrogens with zero attached hydrogens (tertiary/aromatic N) is 1. The quantitative estimate of drug-likeness (QED) is 0.227. The van der Waals surface area contributed by atoms with E-state index < -0.39 is 29.3 Å². The van der Waals surface area contributed by atoms with Gasteiger partial charge in [-0.15, -0.1) is 0 Å². The number of hydrogen-bond donors (Lipinski definition) is 0. The molecule has 2 aromatic carbocycles. The summed E-state index contributed by atoms with van der Waals surface area (Å²) in [5.74, 6) is -2.74. The first kappa shape index (κ1) is 20.8. The van der Waals surface area contributed by atoms with Gasteiger partial charge in [-0.25, -0.2) is 9.59 Å². The van der Waals surface area contributed by atoms with Crippen LogP contribution in [-0.2, 0) is 14.3 Å². The molecule has 0 bridgehead atoms. The lowest BCUT2D eigenvalue weighted by atomic mass is 9.96. The number of ether oxygens (including phenoxy) is 2. The summed E-state index contributed by atoms with van der Waals surface area (Å²) in [6.45, 7) is 3.08. The van der Waals surface area contributed by atoms with Gasteiger partial charge in [0, 0.05) is 4.92 Å². The van der Waals surface area contributed by atoms with E-state index >= 15 is 0 Å². The molecule has 0 N–H and O–H groups in total. The Labute approximate surface area is 162 Å². The average Bonchev–Trinajstić information content (AvgIpc) is 2.67. The number of carbonyl (C=O) groups is 2. The third-order valence-corrected chi connectivity index (χ3v) is 3.86. The summed E-state index contributed by atoms with van der Waals surface area (Å²) in [7, 11) is 0. The van der Waals surface area contributed by atoms with Gasteiger partial charge in [0.25, 0.3) is 0 Å². The van der Waals surface area contributed by atoms with Crippen LogP contribution in [0.2, 0.25) is 0 Å². The molecule has 0 aromatic heterocycles. The Morgan fingerprint density at radius 3 is 2.46 bits per heavy atom. The number of carbonyl (C=O) groups excluding carboxylic acids is 2. The summed E-state index contributed by atoms with van der Waals surface area (Å²) in [5, 5.41) is 11.1. The van der Waals surface area contributed by atoms with Gasteiger partial charge in [-0.05, 0) is 37.6 Å². The van der Waals surface area contributed by atoms with Gasteiger partial charge in [0.1, 0.15) is 0 Å². The summed E-state index contributed by atoms with van der Waals surface area (Å²) >= 11 is 0. The molecule has 7 heteroatoms. The Hall–Kier alpha value is -3.48. The second-order valence-corrected chi connectivity index (χ2v) is 6.04. The Kier molecular flexibility index (Phi) is 7.45. The standard InChI is InChI=1S/C21H21NO6/c1-3-27-21(24)19(28-20(23)16-9-5-4-6-10-16)13-18(14-22(25)26)17-11-7-8-15(2)12-17/h4-13,18H,3,14H2,1-2H3/b19-13-/t18-/m0/s1. The largest absolute Gasteiger partial charge is 0.460 e. The molecule has 0 saturated carbocycles. The molecule has 0 aliphatic heterocycles. The van der Waals surface area contributed by atoms with E-state index in [-0.39, 0.29) is 17.9 Å². The van der Waals surface area contributed by atoms with E-state index in [2.05, 4.69) is 0 Å². The Bertz CT molecular complexity index is 875. The zero-order valence-electron chi connectivity index (χ0n) is 15.7. The van der Waals surface area contributed by atoms with Crippen molar-refractivity contribution < 1.29 is 24.0 Å². The van der Waals surface area contributed by atoms with Crippen molar-refractivity contribution in [3.8, 4) is 0 Å². The molecule has 0 radical (unpaired) electrons. The molecule has 2 aromatic rings. The maximum absolute atomic E-state index is 12.4. The van der Waals surface area contributed by atoms with Crippen molar-refractivity contribution in [2.24, 2.45) is 0 Å². The van der Waals surface area contributed by atoms with Crippen LogP contribution >= 0.6 is 0 Å². The van der Waals surface area contributed by atoms with E-state index in [9.17, 15) is 19.7 Å². The van der Waals surface area contributed by atoms with E-state index in [1.807, 2.05) is 13.0 Å². The first-order valence-corrected chi connectivity index (χ1v) is 8.75. The predicted molar refractivity (Wildman–Crippen MR) is 102 cm³/mol. The predicted octanol–water partition coefficient (Wildman–Crippen LogP) is 3.66. The number of esters is 2. The van der Waals surface area contributed by atoms with Crippen LogP contribution in [0, 0.1) is 17.0 Å². The van der Waals surface area contributed by atoms with Gasteiger partial charge in [0.2, 0.25) is 12.3 Å². The Morgan fingerprint density at radius 1 is 1.14 bits per heavy atom. The highest BCUT2D eigenvalue weighted by molar-refractivity contribution is 5.95. The zero-order valence-corrected chi connectivity index (χ0v) is 15.7. The second-order valence-electron chi connectivity index (χ2n) is 6.04. The van der Waals surface area contributed by atoms with Crippen LogP contribution in [0.1, 0.15) is 34.3 Å². The summed E-state index contributed by atoms with van der Waals surface area (Å²) < 4.78 is 10.2. The fourth-order valence-corrected chi connectivity index (χ4v) is 2.58. The SMILES string of the molecule is CCOC(=O)/C(=C/[C@@H](C[N+](=O)[O-])c1cccc(C)c1)OC(=O)c1ccccc1. The summed E-state index contributed by atoms with van der Waals surface area (Å²) in [6.07, 6.45) is 1.27. The lowest BCUT2D eigenvalue weighted by Crippen LogP contribution is -2.18. The molecule has 0 saturated heterocycles. The molecule has 0 aliphatic rings. The normalized spacial score (nSPS) is 12.1. The van der Waals surface area contributed by atoms with Gasteiger partial charge in [0.05, 0.1) is 18.1 Å². The maximum atomic E-state index is 12.4. The number of rotatable bonds is 8. The minimum Gasteiger partial charge on any atom is -0.460 e. The monoisotopic (exact) mass is 383 g/mol. The molecular formula is C21H21NO6. The highest BCUT2D eigenvalue weighted by Crippen LogP contribution is 2.22. The molecule has 1 atom stereocenters. The van der Waals surface area contributed by atoms with Crippen LogP contribution in [0.3, 0.4) is 0 Å². The van der Waals surface area contributed by atoms with Crippen LogP contribution < -0.4 is 0 Å². The molecule has 0 unspecified atom stereocenters. The van der Waals surface area contributed by atoms with Crippen molar-refractivity contribution in [2.45, 2.75) is 19.8 Å². The minimum absolute atomic E-state index is 0.0728. The number of benzene rings is 2.